The van der Waals surface area contributed by atoms with Gasteiger partial charge < -0.3 is 0 Å². The Bertz CT molecular complexity index is 782. The molecule has 1 heteroatoms. The molecule has 1 nitrogen and oxygen atoms in total. The van der Waals surface area contributed by atoms with E-state index in [2.05, 4.69) is 72.4 Å². The van der Waals surface area contributed by atoms with Gasteiger partial charge in [0.2, 0.25) is 0 Å². The van der Waals surface area contributed by atoms with Gasteiger partial charge in [-0.2, -0.15) is 0 Å². The fourth-order valence-corrected chi connectivity index (χ4v) is 4.84. The molecule has 0 spiro atoms. The molecule has 0 aromatic heterocycles. The van der Waals surface area contributed by atoms with E-state index in [0.717, 1.165) is 11.3 Å². The van der Waals surface area contributed by atoms with Crippen LogP contribution in [0.15, 0.2) is 41.4 Å². The molecule has 0 radical (unpaired) electrons. The first-order valence-corrected chi connectivity index (χ1v) is 10.8. The summed E-state index contributed by atoms with van der Waals surface area (Å²) in [5, 5.41) is 0. The van der Waals surface area contributed by atoms with Crippen LogP contribution in [0.2, 0.25) is 0 Å². The topological polar surface area (TPSA) is 12.4 Å². The number of fused-ring (bicyclic) bond motifs is 1. The van der Waals surface area contributed by atoms with Crippen LogP contribution < -0.4 is 0 Å². The molecule has 0 fully saturated rings. The highest BCUT2D eigenvalue weighted by atomic mass is 14.8. The van der Waals surface area contributed by atoms with Crippen molar-refractivity contribution in [2.45, 2.75) is 90.9 Å². The Kier molecular flexibility index (Phi) is 5.52. The van der Waals surface area contributed by atoms with Crippen molar-refractivity contribution in [2.24, 2.45) is 10.9 Å². The van der Waals surface area contributed by atoms with E-state index in [9.17, 15) is 0 Å². The van der Waals surface area contributed by atoms with Crippen molar-refractivity contribution in [3.63, 3.8) is 0 Å². The second-order valence-electron chi connectivity index (χ2n) is 9.85. The second-order valence-corrected chi connectivity index (χ2v) is 9.85. The normalized spacial score (nSPS) is 20.5. The Balaban J connectivity index is 1.98. The fourth-order valence-electron chi connectivity index (χ4n) is 4.84. The molecule has 1 aromatic rings. The molecule has 0 amide bonds. The molecule has 1 aliphatic carbocycles. The van der Waals surface area contributed by atoms with E-state index >= 15 is 0 Å². The minimum Gasteiger partial charge on any atom is -0.252 e. The van der Waals surface area contributed by atoms with E-state index in [1.54, 1.807) is 0 Å². The second kappa shape index (κ2) is 7.41. The number of allylic oxidation sites excluding steroid dienone is 2. The lowest BCUT2D eigenvalue weighted by Crippen LogP contribution is -2.33. The van der Waals surface area contributed by atoms with Gasteiger partial charge in [-0.25, -0.2) is 0 Å². The molecule has 0 unspecified atom stereocenters. The van der Waals surface area contributed by atoms with Crippen molar-refractivity contribution in [3.8, 4) is 0 Å². The van der Waals surface area contributed by atoms with Gasteiger partial charge in [-0.1, -0.05) is 73.1 Å². The van der Waals surface area contributed by atoms with Crippen LogP contribution in [0.1, 0.15) is 96.8 Å². The minimum absolute atomic E-state index is 0.233. The van der Waals surface area contributed by atoms with Crippen LogP contribution in [-0.2, 0) is 10.8 Å². The van der Waals surface area contributed by atoms with Gasteiger partial charge in [0.1, 0.15) is 0 Å². The zero-order valence-corrected chi connectivity index (χ0v) is 18.3. The summed E-state index contributed by atoms with van der Waals surface area (Å²) in [6.07, 6.45) is 9.52. The number of nitrogens with zero attached hydrogens (tertiary/aromatic N) is 1. The lowest BCUT2D eigenvalue weighted by Gasteiger charge is -2.42. The predicted molar refractivity (Wildman–Crippen MR) is 120 cm³/mol. The van der Waals surface area contributed by atoms with E-state index in [1.807, 2.05) is 0 Å². The molecule has 27 heavy (non-hydrogen) atoms. The maximum atomic E-state index is 5.09. The number of hydrogen-bond donors (Lipinski definition) is 0. The lowest BCUT2D eigenvalue weighted by atomic mass is 9.63. The first-order chi connectivity index (χ1) is 12.7. The van der Waals surface area contributed by atoms with Crippen molar-refractivity contribution in [1.82, 2.24) is 0 Å². The average Bonchev–Trinajstić information content (AvgIpc) is 3.00. The summed E-state index contributed by atoms with van der Waals surface area (Å²) in [6, 6.07) is 7.05. The Hall–Kier alpha value is -1.63. The monoisotopic (exact) mass is 363 g/mol. The first-order valence-electron chi connectivity index (χ1n) is 10.8. The van der Waals surface area contributed by atoms with Gasteiger partial charge in [0, 0.05) is 11.5 Å². The third-order valence-corrected chi connectivity index (χ3v) is 6.69. The van der Waals surface area contributed by atoms with Crippen molar-refractivity contribution < 1.29 is 0 Å². The number of aliphatic imine (C=N–C) groups is 1. The van der Waals surface area contributed by atoms with Crippen LogP contribution in [0.5, 0.6) is 0 Å². The molecule has 0 saturated heterocycles. The Morgan fingerprint density at radius 2 is 1.56 bits per heavy atom. The van der Waals surface area contributed by atoms with E-state index in [-0.39, 0.29) is 10.8 Å². The van der Waals surface area contributed by atoms with Gasteiger partial charge in [0.05, 0.1) is 11.4 Å². The molecular weight excluding hydrogens is 326 g/mol. The van der Waals surface area contributed by atoms with Crippen molar-refractivity contribution >= 4 is 11.4 Å². The zero-order chi connectivity index (χ0) is 19.8. The summed E-state index contributed by atoms with van der Waals surface area (Å²) >= 11 is 0. The summed E-state index contributed by atoms with van der Waals surface area (Å²) in [7, 11) is 0. The summed E-state index contributed by atoms with van der Waals surface area (Å²) in [5.41, 5.74) is 8.22. The van der Waals surface area contributed by atoms with E-state index in [0.29, 0.717) is 5.92 Å². The first kappa shape index (κ1) is 20.1. The van der Waals surface area contributed by atoms with Crippen LogP contribution in [-0.4, -0.2) is 5.71 Å². The van der Waals surface area contributed by atoms with Crippen molar-refractivity contribution in [3.05, 3.63) is 53.1 Å². The molecule has 1 heterocycles. The van der Waals surface area contributed by atoms with Crippen LogP contribution >= 0.6 is 0 Å². The summed E-state index contributed by atoms with van der Waals surface area (Å²) < 4.78 is 0. The highest BCUT2D eigenvalue weighted by Gasteiger charge is 2.37. The third-order valence-electron chi connectivity index (χ3n) is 6.69. The predicted octanol–water partition coefficient (Wildman–Crippen LogP) is 7.60. The zero-order valence-electron chi connectivity index (χ0n) is 18.3. The highest BCUT2D eigenvalue weighted by molar-refractivity contribution is 6.11. The van der Waals surface area contributed by atoms with Gasteiger partial charge in [-0.15, -0.1) is 0 Å². The molecule has 1 aliphatic heterocycles. The van der Waals surface area contributed by atoms with Crippen LogP contribution in [0, 0.1) is 5.92 Å². The molecule has 146 valence electrons. The Morgan fingerprint density at radius 3 is 2.15 bits per heavy atom. The summed E-state index contributed by atoms with van der Waals surface area (Å²) in [6.45, 7) is 18.4. The van der Waals surface area contributed by atoms with Crippen LogP contribution in [0.4, 0.5) is 0 Å². The molecule has 0 atom stereocenters. The molecule has 3 rings (SSSR count). The highest BCUT2D eigenvalue weighted by Crippen LogP contribution is 2.46. The quantitative estimate of drug-likeness (QED) is 0.493. The lowest BCUT2D eigenvalue weighted by molar-refractivity contribution is 0.332. The number of rotatable bonds is 6. The van der Waals surface area contributed by atoms with E-state index < -0.39 is 0 Å². The van der Waals surface area contributed by atoms with Gasteiger partial charge in [-0.05, 0) is 65.4 Å². The standard InChI is InChI=1S/C26H37N/c1-8-10-19(11-9-2)24-18(3)16-23(27-24)20-12-13-21-22(17-20)26(6,7)15-14-25(21,4)5/h12-13,16-17,19H,3,8-11,14-15H2,1-2,4-7H3. The largest absolute Gasteiger partial charge is 0.252 e. The maximum absolute atomic E-state index is 5.09. The molecule has 2 aliphatic rings. The smallest absolute Gasteiger partial charge is 0.0712 e. The summed E-state index contributed by atoms with van der Waals surface area (Å²) in [5.74, 6) is 0.550. The minimum atomic E-state index is 0.233. The average molecular weight is 364 g/mol. The van der Waals surface area contributed by atoms with Crippen molar-refractivity contribution in [1.29, 1.82) is 0 Å². The SMILES string of the molecule is C=C1C=C(c2ccc3c(c2)C(C)(C)CCC3(C)C)N=C1C(CCC)CCC. The summed E-state index contributed by atoms with van der Waals surface area (Å²) in [4.78, 5) is 5.09. The number of hydrogen-bond acceptors (Lipinski definition) is 1. The fraction of sp³-hybridized carbons (Fsp3) is 0.577. The van der Waals surface area contributed by atoms with E-state index in [4.69, 9.17) is 4.99 Å². The van der Waals surface area contributed by atoms with Gasteiger partial charge in [-0.3, -0.25) is 4.99 Å². The molecule has 0 bridgehead atoms. The van der Waals surface area contributed by atoms with Gasteiger partial charge in [0.25, 0.3) is 0 Å². The van der Waals surface area contributed by atoms with Crippen molar-refractivity contribution in [2.75, 3.05) is 0 Å². The van der Waals surface area contributed by atoms with Gasteiger partial charge >= 0.3 is 0 Å². The molecule has 0 saturated carbocycles. The van der Waals surface area contributed by atoms with Crippen LogP contribution in [0.25, 0.3) is 5.70 Å². The molecular formula is C26H37N. The molecule has 0 N–H and O–H groups in total. The number of benzene rings is 1. The third kappa shape index (κ3) is 3.84. The van der Waals surface area contributed by atoms with Gasteiger partial charge in [0.15, 0.2) is 0 Å². The molecule has 1 aromatic carbocycles. The Labute approximate surface area is 166 Å². The maximum Gasteiger partial charge on any atom is 0.0712 e. The van der Waals surface area contributed by atoms with Crippen LogP contribution in [0.3, 0.4) is 0 Å². The Morgan fingerprint density at radius 1 is 0.963 bits per heavy atom. The van der Waals surface area contributed by atoms with E-state index in [1.165, 1.54) is 60.9 Å².